The lowest BCUT2D eigenvalue weighted by atomic mass is 9.95. The number of carbonyl (C=O) groups is 1. The SMILES string of the molecule is Cc1cc(C(O)CC(C)C)cc2c1NC(=O)C2. The zero-order valence-electron chi connectivity index (χ0n) is 10.6. The third-order valence-electron chi connectivity index (χ3n) is 3.13. The highest BCUT2D eigenvalue weighted by molar-refractivity contribution is 6.00. The molecule has 0 aliphatic carbocycles. The Bertz CT molecular complexity index is 452. The number of rotatable bonds is 3. The monoisotopic (exact) mass is 233 g/mol. The fraction of sp³-hybridized carbons (Fsp3) is 0.500. The number of aliphatic hydroxyl groups is 1. The van der Waals surface area contributed by atoms with Crippen molar-refractivity contribution in [3.8, 4) is 0 Å². The van der Waals surface area contributed by atoms with E-state index in [1.807, 2.05) is 19.1 Å². The van der Waals surface area contributed by atoms with Gasteiger partial charge >= 0.3 is 0 Å². The van der Waals surface area contributed by atoms with Crippen molar-refractivity contribution in [2.45, 2.75) is 39.7 Å². The summed E-state index contributed by atoms with van der Waals surface area (Å²) < 4.78 is 0. The first-order valence-corrected chi connectivity index (χ1v) is 6.08. The van der Waals surface area contributed by atoms with Crippen LogP contribution in [0.3, 0.4) is 0 Å². The topological polar surface area (TPSA) is 49.3 Å². The van der Waals surface area contributed by atoms with Crippen molar-refractivity contribution in [3.63, 3.8) is 0 Å². The fourth-order valence-electron chi connectivity index (χ4n) is 2.34. The minimum atomic E-state index is -0.435. The number of carbonyl (C=O) groups excluding carboxylic acids is 1. The van der Waals surface area contributed by atoms with Gasteiger partial charge in [0.2, 0.25) is 5.91 Å². The van der Waals surface area contributed by atoms with E-state index in [-0.39, 0.29) is 5.91 Å². The molecule has 1 amide bonds. The summed E-state index contributed by atoms with van der Waals surface area (Å²) in [6.07, 6.45) is 0.743. The molecule has 1 heterocycles. The molecule has 0 bridgehead atoms. The average molecular weight is 233 g/mol. The van der Waals surface area contributed by atoms with Gasteiger partial charge in [-0.15, -0.1) is 0 Å². The molecule has 17 heavy (non-hydrogen) atoms. The van der Waals surface area contributed by atoms with Gasteiger partial charge in [-0.2, -0.15) is 0 Å². The van der Waals surface area contributed by atoms with Crippen LogP contribution in [-0.2, 0) is 11.2 Å². The summed E-state index contributed by atoms with van der Waals surface area (Å²) in [5, 5.41) is 13.0. The van der Waals surface area contributed by atoms with Gasteiger partial charge in [-0.3, -0.25) is 4.79 Å². The molecular formula is C14H19NO2. The van der Waals surface area contributed by atoms with Gasteiger partial charge < -0.3 is 10.4 Å². The Labute approximate surface area is 102 Å². The maximum absolute atomic E-state index is 11.3. The van der Waals surface area contributed by atoms with E-state index in [0.717, 1.165) is 28.8 Å². The van der Waals surface area contributed by atoms with Crippen LogP contribution in [0.15, 0.2) is 12.1 Å². The lowest BCUT2D eigenvalue weighted by Crippen LogP contribution is -2.04. The third kappa shape index (κ3) is 2.50. The van der Waals surface area contributed by atoms with Crippen LogP contribution in [-0.4, -0.2) is 11.0 Å². The van der Waals surface area contributed by atoms with E-state index >= 15 is 0 Å². The molecule has 1 aliphatic heterocycles. The highest BCUT2D eigenvalue weighted by atomic mass is 16.3. The highest BCUT2D eigenvalue weighted by Crippen LogP contribution is 2.32. The summed E-state index contributed by atoms with van der Waals surface area (Å²) in [4.78, 5) is 11.3. The van der Waals surface area contributed by atoms with E-state index in [0.29, 0.717) is 12.3 Å². The summed E-state index contributed by atoms with van der Waals surface area (Å²) >= 11 is 0. The first-order chi connectivity index (χ1) is 7.97. The Kier molecular flexibility index (Phi) is 3.20. The molecule has 92 valence electrons. The number of hydrogen-bond donors (Lipinski definition) is 2. The van der Waals surface area contributed by atoms with Crippen LogP contribution in [0.25, 0.3) is 0 Å². The van der Waals surface area contributed by atoms with Crippen LogP contribution < -0.4 is 5.32 Å². The minimum absolute atomic E-state index is 0.0404. The predicted octanol–water partition coefficient (Wildman–Crippen LogP) is 2.57. The Morgan fingerprint density at radius 2 is 2.12 bits per heavy atom. The molecule has 0 aromatic heterocycles. The zero-order valence-corrected chi connectivity index (χ0v) is 10.6. The van der Waals surface area contributed by atoms with Gasteiger partial charge in [0.1, 0.15) is 0 Å². The molecule has 2 rings (SSSR count). The van der Waals surface area contributed by atoms with Crippen molar-refractivity contribution in [1.29, 1.82) is 0 Å². The van der Waals surface area contributed by atoms with Crippen molar-refractivity contribution >= 4 is 11.6 Å². The fourth-order valence-corrected chi connectivity index (χ4v) is 2.34. The molecule has 1 aliphatic rings. The van der Waals surface area contributed by atoms with Crippen molar-refractivity contribution in [1.82, 2.24) is 0 Å². The quantitative estimate of drug-likeness (QED) is 0.843. The zero-order chi connectivity index (χ0) is 12.6. The second-order valence-corrected chi connectivity index (χ2v) is 5.24. The van der Waals surface area contributed by atoms with E-state index < -0.39 is 6.10 Å². The normalized spacial score (nSPS) is 15.9. The number of anilines is 1. The average Bonchev–Trinajstić information content (AvgIpc) is 2.58. The summed E-state index contributed by atoms with van der Waals surface area (Å²) in [5.41, 5.74) is 3.89. The van der Waals surface area contributed by atoms with E-state index in [4.69, 9.17) is 0 Å². The largest absolute Gasteiger partial charge is 0.388 e. The molecule has 1 atom stereocenters. The molecule has 1 unspecified atom stereocenters. The highest BCUT2D eigenvalue weighted by Gasteiger charge is 2.21. The van der Waals surface area contributed by atoms with Crippen molar-refractivity contribution in [2.24, 2.45) is 5.92 Å². The summed E-state index contributed by atoms with van der Waals surface area (Å²) in [7, 11) is 0. The number of amides is 1. The van der Waals surface area contributed by atoms with E-state index in [1.165, 1.54) is 0 Å². The summed E-state index contributed by atoms with van der Waals surface area (Å²) in [6.45, 7) is 6.15. The van der Waals surface area contributed by atoms with E-state index in [2.05, 4.69) is 19.2 Å². The van der Waals surface area contributed by atoms with Gasteiger partial charge in [0.05, 0.1) is 12.5 Å². The number of nitrogens with one attached hydrogen (secondary N) is 1. The van der Waals surface area contributed by atoms with Crippen LogP contribution in [0.1, 0.15) is 43.1 Å². The number of aryl methyl sites for hydroxylation is 1. The Hall–Kier alpha value is -1.35. The summed E-state index contributed by atoms with van der Waals surface area (Å²) in [6, 6.07) is 3.92. The lowest BCUT2D eigenvalue weighted by Gasteiger charge is -2.15. The number of aliphatic hydroxyl groups excluding tert-OH is 1. The molecule has 1 aromatic carbocycles. The molecule has 1 aromatic rings. The van der Waals surface area contributed by atoms with Crippen LogP contribution in [0.4, 0.5) is 5.69 Å². The standard InChI is InChI=1S/C14H19NO2/c1-8(2)4-12(16)10-5-9(3)14-11(6-10)7-13(17)15-14/h5-6,8,12,16H,4,7H2,1-3H3,(H,15,17). The van der Waals surface area contributed by atoms with Gasteiger partial charge in [-0.25, -0.2) is 0 Å². The maximum Gasteiger partial charge on any atom is 0.228 e. The van der Waals surface area contributed by atoms with Crippen molar-refractivity contribution in [2.75, 3.05) is 5.32 Å². The van der Waals surface area contributed by atoms with E-state index in [1.54, 1.807) is 0 Å². The molecule has 0 saturated carbocycles. The molecule has 0 fully saturated rings. The summed E-state index contributed by atoms with van der Waals surface area (Å²) in [5.74, 6) is 0.497. The number of hydrogen-bond acceptors (Lipinski definition) is 2. The second kappa shape index (κ2) is 4.49. The van der Waals surface area contributed by atoms with E-state index in [9.17, 15) is 9.90 Å². The first kappa shape index (κ1) is 12.1. The van der Waals surface area contributed by atoms with Crippen molar-refractivity contribution < 1.29 is 9.90 Å². The van der Waals surface area contributed by atoms with Gasteiger partial charge in [0.15, 0.2) is 0 Å². The third-order valence-corrected chi connectivity index (χ3v) is 3.13. The molecule has 3 nitrogen and oxygen atoms in total. The smallest absolute Gasteiger partial charge is 0.228 e. The maximum atomic E-state index is 11.3. The van der Waals surface area contributed by atoms with Crippen LogP contribution in [0.5, 0.6) is 0 Å². The van der Waals surface area contributed by atoms with Gasteiger partial charge in [-0.05, 0) is 36.0 Å². The number of fused-ring (bicyclic) bond motifs is 1. The minimum Gasteiger partial charge on any atom is -0.388 e. The molecule has 2 N–H and O–H groups in total. The van der Waals surface area contributed by atoms with Gasteiger partial charge in [-0.1, -0.05) is 26.0 Å². The molecule has 0 radical (unpaired) electrons. The molecular weight excluding hydrogens is 214 g/mol. The van der Waals surface area contributed by atoms with Crippen LogP contribution in [0.2, 0.25) is 0 Å². The van der Waals surface area contributed by atoms with Gasteiger partial charge in [0.25, 0.3) is 0 Å². The number of benzene rings is 1. The molecule has 0 spiro atoms. The molecule has 3 heteroatoms. The van der Waals surface area contributed by atoms with Crippen molar-refractivity contribution in [3.05, 3.63) is 28.8 Å². The predicted molar refractivity (Wildman–Crippen MR) is 67.9 cm³/mol. The Balaban J connectivity index is 2.30. The second-order valence-electron chi connectivity index (χ2n) is 5.24. The lowest BCUT2D eigenvalue weighted by molar-refractivity contribution is -0.115. The first-order valence-electron chi connectivity index (χ1n) is 6.08. The van der Waals surface area contributed by atoms with Gasteiger partial charge in [0, 0.05) is 5.69 Å². The Morgan fingerprint density at radius 3 is 2.76 bits per heavy atom. The van der Waals surface area contributed by atoms with Crippen LogP contribution >= 0.6 is 0 Å². The Morgan fingerprint density at radius 1 is 1.41 bits per heavy atom. The van der Waals surface area contributed by atoms with Crippen LogP contribution in [0, 0.1) is 12.8 Å². The molecule has 0 saturated heterocycles.